The third-order valence-electron chi connectivity index (χ3n) is 5.02. The van der Waals surface area contributed by atoms with Gasteiger partial charge in [-0.05, 0) is 43.5 Å². The summed E-state index contributed by atoms with van der Waals surface area (Å²) < 4.78 is 10.8. The van der Waals surface area contributed by atoms with Gasteiger partial charge >= 0.3 is 12.1 Å². The number of carbonyl (C=O) groups excluding carboxylic acids is 2. The van der Waals surface area contributed by atoms with Crippen molar-refractivity contribution in [3.8, 4) is 11.1 Å². The topological polar surface area (TPSA) is 55.8 Å². The lowest BCUT2D eigenvalue weighted by atomic mass is 9.98. The highest BCUT2D eigenvalue weighted by atomic mass is 16.6. The van der Waals surface area contributed by atoms with E-state index in [0.717, 1.165) is 22.3 Å². The normalized spacial score (nSPS) is 11.5. The number of amides is 1. The molecule has 0 aliphatic rings. The Morgan fingerprint density at radius 3 is 2.13 bits per heavy atom. The van der Waals surface area contributed by atoms with E-state index in [-0.39, 0.29) is 13.2 Å². The summed E-state index contributed by atoms with van der Waals surface area (Å²) in [5, 5.41) is 0. The van der Waals surface area contributed by atoms with Crippen LogP contribution >= 0.6 is 0 Å². The summed E-state index contributed by atoms with van der Waals surface area (Å²) in [7, 11) is 0. The summed E-state index contributed by atoms with van der Waals surface area (Å²) in [6.07, 6.45) is -0.606. The Morgan fingerprint density at radius 2 is 1.45 bits per heavy atom. The molecule has 3 aromatic rings. The van der Waals surface area contributed by atoms with Crippen molar-refractivity contribution in [1.29, 1.82) is 0 Å². The number of nitrogens with zero attached hydrogens (tertiary/aromatic N) is 1. The zero-order chi connectivity index (χ0) is 22.2. The summed E-state index contributed by atoms with van der Waals surface area (Å²) in [6, 6.07) is 24.0. The number of benzene rings is 3. The van der Waals surface area contributed by atoms with Gasteiger partial charge in [0.1, 0.15) is 12.6 Å². The molecular formula is C26H27NO4. The molecule has 0 bridgehead atoms. The lowest BCUT2D eigenvalue weighted by molar-refractivity contribution is -0.144. The summed E-state index contributed by atoms with van der Waals surface area (Å²) in [6.45, 7) is 5.74. The minimum atomic E-state index is -0.853. The van der Waals surface area contributed by atoms with Gasteiger partial charge in [-0.25, -0.2) is 9.59 Å². The number of aryl methyl sites for hydroxylation is 1. The number of ether oxygens (including phenoxy) is 2. The molecular weight excluding hydrogens is 390 g/mol. The lowest BCUT2D eigenvalue weighted by Crippen LogP contribution is -2.45. The highest BCUT2D eigenvalue weighted by Crippen LogP contribution is 2.34. The quantitative estimate of drug-likeness (QED) is 0.459. The molecule has 0 spiro atoms. The zero-order valence-electron chi connectivity index (χ0n) is 18.1. The first-order chi connectivity index (χ1) is 15.0. The van der Waals surface area contributed by atoms with Crippen LogP contribution in [0.3, 0.4) is 0 Å². The Morgan fingerprint density at radius 1 is 0.839 bits per heavy atom. The van der Waals surface area contributed by atoms with Crippen LogP contribution in [0, 0.1) is 6.92 Å². The summed E-state index contributed by atoms with van der Waals surface area (Å²) in [4.78, 5) is 27.2. The van der Waals surface area contributed by atoms with Crippen molar-refractivity contribution in [2.24, 2.45) is 0 Å². The largest absolute Gasteiger partial charge is 0.464 e. The summed E-state index contributed by atoms with van der Waals surface area (Å²) >= 11 is 0. The Balaban J connectivity index is 2.00. The SMILES string of the molecule is CCOC(=O)[C@H](C)N(C(=O)OCc1ccccc1)c1ccccc1-c1ccccc1C. The molecule has 0 aliphatic heterocycles. The van der Waals surface area contributed by atoms with Gasteiger partial charge < -0.3 is 9.47 Å². The average Bonchev–Trinajstić information content (AvgIpc) is 2.79. The number of hydrogen-bond acceptors (Lipinski definition) is 4. The van der Waals surface area contributed by atoms with Crippen molar-refractivity contribution < 1.29 is 19.1 Å². The van der Waals surface area contributed by atoms with Crippen molar-refractivity contribution in [2.45, 2.75) is 33.4 Å². The van der Waals surface area contributed by atoms with Gasteiger partial charge in [-0.2, -0.15) is 0 Å². The highest BCUT2D eigenvalue weighted by molar-refractivity contribution is 5.99. The van der Waals surface area contributed by atoms with E-state index >= 15 is 0 Å². The fraction of sp³-hybridized carbons (Fsp3) is 0.231. The second kappa shape index (κ2) is 10.4. The molecule has 31 heavy (non-hydrogen) atoms. The molecule has 0 heterocycles. The van der Waals surface area contributed by atoms with Crippen LogP contribution in [0.5, 0.6) is 0 Å². The molecule has 0 aliphatic carbocycles. The second-order valence-electron chi connectivity index (χ2n) is 7.17. The maximum absolute atomic E-state index is 13.2. The molecule has 1 amide bonds. The first-order valence-electron chi connectivity index (χ1n) is 10.3. The van der Waals surface area contributed by atoms with E-state index in [2.05, 4.69) is 0 Å². The number of rotatable bonds is 7. The molecule has 0 unspecified atom stereocenters. The molecule has 0 N–H and O–H groups in total. The van der Waals surface area contributed by atoms with Crippen molar-refractivity contribution in [3.63, 3.8) is 0 Å². The number of hydrogen-bond donors (Lipinski definition) is 0. The Labute approximate surface area is 183 Å². The lowest BCUT2D eigenvalue weighted by Gasteiger charge is -2.29. The standard InChI is InChI=1S/C26H27NO4/c1-4-30-25(28)20(3)27(26(29)31-18-21-13-6-5-7-14-21)24-17-11-10-16-23(24)22-15-9-8-12-19(22)2/h5-17,20H,4,18H2,1-3H3/t20-/m0/s1. The summed E-state index contributed by atoms with van der Waals surface area (Å²) in [5.41, 5.74) is 4.35. The van der Waals surface area contributed by atoms with Crippen LogP contribution in [-0.4, -0.2) is 24.7 Å². The van der Waals surface area contributed by atoms with Crippen molar-refractivity contribution in [2.75, 3.05) is 11.5 Å². The van der Waals surface area contributed by atoms with E-state index in [1.54, 1.807) is 13.8 Å². The third kappa shape index (κ3) is 5.31. The maximum atomic E-state index is 13.2. The summed E-state index contributed by atoms with van der Waals surface area (Å²) in [5.74, 6) is -0.487. The number of esters is 1. The zero-order valence-corrected chi connectivity index (χ0v) is 18.1. The predicted octanol–water partition coefficient (Wildman–Crippen LogP) is 5.76. The number of para-hydroxylation sites is 1. The Bertz CT molecular complexity index is 1030. The van der Waals surface area contributed by atoms with Gasteiger partial charge in [-0.1, -0.05) is 72.8 Å². The van der Waals surface area contributed by atoms with Gasteiger partial charge in [0.05, 0.1) is 12.3 Å². The molecule has 1 atom stereocenters. The molecule has 160 valence electrons. The van der Waals surface area contributed by atoms with E-state index in [0.29, 0.717) is 5.69 Å². The molecule has 5 heteroatoms. The minimum Gasteiger partial charge on any atom is -0.464 e. The second-order valence-corrected chi connectivity index (χ2v) is 7.17. The Kier molecular flexibility index (Phi) is 7.44. The van der Waals surface area contributed by atoms with Gasteiger partial charge in [0.25, 0.3) is 0 Å². The smallest absolute Gasteiger partial charge is 0.415 e. The van der Waals surface area contributed by atoms with Gasteiger partial charge in [-0.15, -0.1) is 0 Å². The molecule has 0 radical (unpaired) electrons. The van der Waals surface area contributed by atoms with Gasteiger partial charge in [0, 0.05) is 5.56 Å². The average molecular weight is 418 g/mol. The molecule has 5 nitrogen and oxygen atoms in total. The van der Waals surface area contributed by atoms with Crippen molar-refractivity contribution >= 4 is 17.7 Å². The molecule has 0 saturated carbocycles. The van der Waals surface area contributed by atoms with Crippen LogP contribution in [0.2, 0.25) is 0 Å². The van der Waals surface area contributed by atoms with Crippen LogP contribution in [0.1, 0.15) is 25.0 Å². The third-order valence-corrected chi connectivity index (χ3v) is 5.02. The van der Waals surface area contributed by atoms with Crippen LogP contribution in [0.25, 0.3) is 11.1 Å². The van der Waals surface area contributed by atoms with Crippen LogP contribution in [-0.2, 0) is 20.9 Å². The van der Waals surface area contributed by atoms with Crippen LogP contribution in [0.15, 0.2) is 78.9 Å². The van der Waals surface area contributed by atoms with E-state index in [9.17, 15) is 9.59 Å². The van der Waals surface area contributed by atoms with E-state index in [1.165, 1.54) is 4.90 Å². The van der Waals surface area contributed by atoms with E-state index in [4.69, 9.17) is 9.47 Å². The molecule has 0 saturated heterocycles. The minimum absolute atomic E-state index is 0.109. The van der Waals surface area contributed by atoms with Gasteiger partial charge in [0.15, 0.2) is 0 Å². The molecule has 3 rings (SSSR count). The van der Waals surface area contributed by atoms with Crippen LogP contribution < -0.4 is 4.90 Å². The monoisotopic (exact) mass is 417 g/mol. The highest BCUT2D eigenvalue weighted by Gasteiger charge is 2.31. The van der Waals surface area contributed by atoms with Crippen LogP contribution in [0.4, 0.5) is 10.5 Å². The maximum Gasteiger partial charge on any atom is 0.415 e. The fourth-order valence-corrected chi connectivity index (χ4v) is 3.41. The van der Waals surface area contributed by atoms with Crippen molar-refractivity contribution in [3.05, 3.63) is 90.0 Å². The molecule has 0 aromatic heterocycles. The van der Waals surface area contributed by atoms with E-state index < -0.39 is 18.1 Å². The molecule has 0 fully saturated rings. The van der Waals surface area contributed by atoms with Gasteiger partial charge in [-0.3, -0.25) is 4.90 Å². The first kappa shape index (κ1) is 22.1. The number of carbonyl (C=O) groups is 2. The molecule has 3 aromatic carbocycles. The first-order valence-corrected chi connectivity index (χ1v) is 10.3. The number of anilines is 1. The van der Waals surface area contributed by atoms with Crippen molar-refractivity contribution in [1.82, 2.24) is 0 Å². The fourth-order valence-electron chi connectivity index (χ4n) is 3.41. The van der Waals surface area contributed by atoms with Gasteiger partial charge in [0.2, 0.25) is 0 Å². The Hall–Kier alpha value is -3.60. The van der Waals surface area contributed by atoms with E-state index in [1.807, 2.05) is 85.8 Å². The predicted molar refractivity (Wildman–Crippen MR) is 122 cm³/mol.